The van der Waals surface area contributed by atoms with E-state index >= 15 is 0 Å². The van der Waals surface area contributed by atoms with Gasteiger partial charge < -0.3 is 19.4 Å². The summed E-state index contributed by atoms with van der Waals surface area (Å²) in [5.41, 5.74) is 3.19. The molecule has 1 fully saturated rings. The van der Waals surface area contributed by atoms with Gasteiger partial charge in [-0.3, -0.25) is 9.69 Å². The molecule has 1 N–H and O–H groups in total. The van der Waals surface area contributed by atoms with Gasteiger partial charge in [0.1, 0.15) is 0 Å². The van der Waals surface area contributed by atoms with Crippen LogP contribution in [0.4, 0.5) is 0 Å². The number of nitrogens with zero attached hydrogens (tertiary/aromatic N) is 3. The van der Waals surface area contributed by atoms with Gasteiger partial charge in [-0.1, -0.05) is 6.07 Å². The first-order chi connectivity index (χ1) is 12.7. The highest BCUT2D eigenvalue weighted by molar-refractivity contribution is 5.84. The van der Waals surface area contributed by atoms with E-state index in [1.165, 1.54) is 0 Å². The summed E-state index contributed by atoms with van der Waals surface area (Å²) in [5, 5.41) is 3.16. The molecule has 7 heteroatoms. The predicted molar refractivity (Wildman–Crippen MR) is 93.8 cm³/mol. The lowest BCUT2D eigenvalue weighted by atomic mass is 9.96. The average Bonchev–Trinajstić information content (AvgIpc) is 3.19. The van der Waals surface area contributed by atoms with E-state index in [-0.39, 0.29) is 18.6 Å². The van der Waals surface area contributed by atoms with Crippen molar-refractivity contribution in [2.45, 2.75) is 37.9 Å². The van der Waals surface area contributed by atoms with Crippen molar-refractivity contribution in [2.75, 3.05) is 13.3 Å². The molecule has 2 aliphatic heterocycles. The Morgan fingerprint density at radius 3 is 3.00 bits per heavy atom. The van der Waals surface area contributed by atoms with Crippen LogP contribution in [0.2, 0.25) is 0 Å². The number of nitrogens with one attached hydrogen (secondary N) is 1. The number of benzene rings is 1. The standard InChI is InChI=1S/C19H22N4O3/c1-22-10-20-15-9-23(7-12-2-5-16-17(6-12)26-11-25-16)8-14(18(15)22)19(24)21-13-3-4-13/h2,5-6,10,13-14H,3-4,7-9,11H2,1H3,(H,21,24)/t14-/m0/s1. The number of hydrogen-bond donors (Lipinski definition) is 1. The van der Waals surface area contributed by atoms with E-state index in [0.717, 1.165) is 54.4 Å². The summed E-state index contributed by atoms with van der Waals surface area (Å²) in [6.45, 7) is 2.47. The van der Waals surface area contributed by atoms with Crippen molar-refractivity contribution >= 4 is 5.91 Å². The molecule has 7 nitrogen and oxygen atoms in total. The maximum Gasteiger partial charge on any atom is 0.231 e. The second-order valence-corrected chi connectivity index (χ2v) is 7.38. The number of fused-ring (bicyclic) bond motifs is 2. The first kappa shape index (κ1) is 15.7. The molecule has 0 unspecified atom stereocenters. The van der Waals surface area contributed by atoms with Crippen LogP contribution in [0.25, 0.3) is 0 Å². The number of aromatic nitrogens is 2. The Morgan fingerprint density at radius 1 is 1.31 bits per heavy atom. The van der Waals surface area contributed by atoms with Crippen molar-refractivity contribution < 1.29 is 14.3 Å². The molecule has 1 saturated carbocycles. The number of carbonyl (C=O) groups excluding carboxylic acids is 1. The molecule has 5 rings (SSSR count). The summed E-state index contributed by atoms with van der Waals surface area (Å²) in [5.74, 6) is 1.52. The van der Waals surface area contributed by atoms with E-state index < -0.39 is 0 Å². The molecule has 0 spiro atoms. The third-order valence-electron chi connectivity index (χ3n) is 5.29. The molecule has 3 heterocycles. The van der Waals surface area contributed by atoms with Crippen molar-refractivity contribution in [1.29, 1.82) is 0 Å². The summed E-state index contributed by atoms with van der Waals surface area (Å²) >= 11 is 0. The Morgan fingerprint density at radius 2 is 2.15 bits per heavy atom. The highest BCUT2D eigenvalue weighted by Crippen LogP contribution is 2.34. The number of imidazole rings is 1. The topological polar surface area (TPSA) is 68.6 Å². The monoisotopic (exact) mass is 354 g/mol. The van der Waals surface area contributed by atoms with E-state index in [2.05, 4.69) is 21.3 Å². The van der Waals surface area contributed by atoms with Crippen LogP contribution >= 0.6 is 0 Å². The highest BCUT2D eigenvalue weighted by Gasteiger charge is 2.36. The van der Waals surface area contributed by atoms with Crippen LogP contribution in [0.1, 0.15) is 35.7 Å². The number of ether oxygens (including phenoxy) is 2. The first-order valence-electron chi connectivity index (χ1n) is 9.09. The van der Waals surface area contributed by atoms with Crippen molar-refractivity contribution in [2.24, 2.45) is 7.05 Å². The lowest BCUT2D eigenvalue weighted by Gasteiger charge is -2.32. The SMILES string of the molecule is Cn1cnc2c1[C@@H](C(=O)NC1CC1)CN(Cc1ccc3c(c1)OCO3)C2. The lowest BCUT2D eigenvalue weighted by molar-refractivity contribution is -0.123. The minimum absolute atomic E-state index is 0.118. The molecule has 0 bridgehead atoms. The lowest BCUT2D eigenvalue weighted by Crippen LogP contribution is -2.42. The van der Waals surface area contributed by atoms with Gasteiger partial charge in [-0.15, -0.1) is 0 Å². The number of aryl methyl sites for hydroxylation is 1. The second kappa shape index (κ2) is 6.02. The number of carbonyl (C=O) groups is 1. The van der Waals surface area contributed by atoms with Crippen LogP contribution in [0.5, 0.6) is 11.5 Å². The molecule has 2 aromatic rings. The van der Waals surface area contributed by atoms with E-state index in [0.29, 0.717) is 12.6 Å². The van der Waals surface area contributed by atoms with Crippen LogP contribution in [0, 0.1) is 0 Å². The summed E-state index contributed by atoms with van der Waals surface area (Å²) in [6, 6.07) is 6.39. The van der Waals surface area contributed by atoms with Gasteiger partial charge in [0, 0.05) is 32.7 Å². The minimum Gasteiger partial charge on any atom is -0.454 e. The molecular weight excluding hydrogens is 332 g/mol. The largest absolute Gasteiger partial charge is 0.454 e. The summed E-state index contributed by atoms with van der Waals surface area (Å²) in [7, 11) is 1.97. The summed E-state index contributed by atoms with van der Waals surface area (Å²) in [4.78, 5) is 19.6. The molecule has 0 radical (unpaired) electrons. The van der Waals surface area contributed by atoms with Crippen LogP contribution < -0.4 is 14.8 Å². The molecular formula is C19H22N4O3. The van der Waals surface area contributed by atoms with E-state index in [1.54, 1.807) is 0 Å². The highest BCUT2D eigenvalue weighted by atomic mass is 16.7. The zero-order valence-electron chi connectivity index (χ0n) is 14.8. The number of rotatable bonds is 4. The zero-order chi connectivity index (χ0) is 17.7. The van der Waals surface area contributed by atoms with Gasteiger partial charge in [-0.2, -0.15) is 0 Å². The Bertz CT molecular complexity index is 858. The predicted octanol–water partition coefficient (Wildman–Crippen LogP) is 1.53. The van der Waals surface area contributed by atoms with Crippen molar-refractivity contribution in [3.8, 4) is 11.5 Å². The average molecular weight is 354 g/mol. The molecule has 1 amide bonds. The third kappa shape index (κ3) is 2.82. The maximum atomic E-state index is 12.8. The van der Waals surface area contributed by atoms with Crippen molar-refractivity contribution in [3.63, 3.8) is 0 Å². The fourth-order valence-corrected chi connectivity index (χ4v) is 3.83. The van der Waals surface area contributed by atoms with Crippen LogP contribution in [0.3, 0.4) is 0 Å². The summed E-state index contributed by atoms with van der Waals surface area (Å²) in [6.07, 6.45) is 4.00. The Balaban J connectivity index is 1.37. The minimum atomic E-state index is -0.180. The Labute approximate surface area is 151 Å². The van der Waals surface area contributed by atoms with Gasteiger partial charge >= 0.3 is 0 Å². The molecule has 1 aromatic carbocycles. The normalized spacial score (nSPS) is 21.5. The zero-order valence-corrected chi connectivity index (χ0v) is 14.8. The summed E-state index contributed by atoms with van der Waals surface area (Å²) < 4.78 is 12.9. The van der Waals surface area contributed by atoms with Crippen molar-refractivity contribution in [1.82, 2.24) is 19.8 Å². The van der Waals surface area contributed by atoms with Gasteiger partial charge in [0.05, 0.1) is 23.6 Å². The molecule has 136 valence electrons. The molecule has 0 saturated heterocycles. The molecule has 1 aliphatic carbocycles. The van der Waals surface area contributed by atoms with Gasteiger partial charge in [-0.25, -0.2) is 4.98 Å². The maximum absolute atomic E-state index is 12.8. The molecule has 3 aliphatic rings. The fourth-order valence-electron chi connectivity index (χ4n) is 3.83. The van der Waals surface area contributed by atoms with Crippen molar-refractivity contribution in [3.05, 3.63) is 41.5 Å². The Kier molecular flexibility index (Phi) is 3.63. The Hall–Kier alpha value is -2.54. The smallest absolute Gasteiger partial charge is 0.231 e. The van der Waals surface area contributed by atoms with E-state index in [9.17, 15) is 4.79 Å². The fraction of sp³-hybridized carbons (Fsp3) is 0.474. The van der Waals surface area contributed by atoms with Gasteiger partial charge in [-0.05, 0) is 30.5 Å². The van der Waals surface area contributed by atoms with E-state index in [4.69, 9.17) is 9.47 Å². The molecule has 26 heavy (non-hydrogen) atoms. The van der Waals surface area contributed by atoms with Crippen LogP contribution in [-0.2, 0) is 24.9 Å². The number of amides is 1. The number of hydrogen-bond acceptors (Lipinski definition) is 5. The van der Waals surface area contributed by atoms with Crippen LogP contribution in [0.15, 0.2) is 24.5 Å². The molecule has 1 aromatic heterocycles. The third-order valence-corrected chi connectivity index (χ3v) is 5.29. The van der Waals surface area contributed by atoms with E-state index in [1.807, 2.05) is 30.1 Å². The van der Waals surface area contributed by atoms with Gasteiger partial charge in [0.2, 0.25) is 12.7 Å². The van der Waals surface area contributed by atoms with Crippen LogP contribution in [-0.4, -0.2) is 39.7 Å². The quantitative estimate of drug-likeness (QED) is 0.902. The molecule has 1 atom stereocenters. The second-order valence-electron chi connectivity index (χ2n) is 7.38. The first-order valence-corrected chi connectivity index (χ1v) is 9.09. The van der Waals surface area contributed by atoms with Gasteiger partial charge in [0.25, 0.3) is 0 Å². The van der Waals surface area contributed by atoms with Gasteiger partial charge in [0.15, 0.2) is 11.5 Å².